The van der Waals surface area contributed by atoms with Gasteiger partial charge in [-0.25, -0.2) is 4.39 Å². The molecule has 0 saturated carbocycles. The fourth-order valence-electron chi connectivity index (χ4n) is 4.87. The molecular formula is C28H37FN4O10. The summed E-state index contributed by atoms with van der Waals surface area (Å²) in [4.78, 5) is 39.1. The Bertz CT molecular complexity index is 1330. The zero-order valence-electron chi connectivity index (χ0n) is 24.0. The summed E-state index contributed by atoms with van der Waals surface area (Å²) in [5.41, 5.74) is -0.0758. The van der Waals surface area contributed by atoms with Crippen molar-refractivity contribution < 1.29 is 54.2 Å². The molecule has 1 atom stereocenters. The standard InChI is InChI=1S/C26H31FN4O10.C2H6/c1-28-22(33)21(25(37,38)24(35,36)14-32)31-23(34)17-3-2-4-19(20(17)26(31,39)40)29-12-16-6-5-15(11-18(16)27)13-30-7-9-41-10-8-30;1-2/h2-6,11,14,21,29,35-40H,7-10,12-13H2,1H3,(H,28,33);1-2H3. The summed E-state index contributed by atoms with van der Waals surface area (Å²) in [7, 11) is 0.987. The van der Waals surface area contributed by atoms with Crippen LogP contribution in [0.2, 0.25) is 0 Å². The number of nitrogens with one attached hydrogen (secondary N) is 2. The first kappa shape index (κ1) is 34.0. The maximum Gasteiger partial charge on any atom is 0.281 e. The lowest BCUT2D eigenvalue weighted by Crippen LogP contribution is -2.73. The predicted octanol–water partition coefficient (Wildman–Crippen LogP) is -1.48. The number of aliphatic hydroxyl groups is 6. The first-order chi connectivity index (χ1) is 20.3. The molecule has 14 nitrogen and oxygen atoms in total. The molecule has 8 N–H and O–H groups in total. The third kappa shape index (κ3) is 6.53. The summed E-state index contributed by atoms with van der Waals surface area (Å²) in [5.74, 6) is -14.9. The van der Waals surface area contributed by atoms with Crippen molar-refractivity contribution in [2.24, 2.45) is 0 Å². The molecule has 0 radical (unpaired) electrons. The number of amides is 2. The van der Waals surface area contributed by atoms with Gasteiger partial charge in [-0.15, -0.1) is 0 Å². The zero-order valence-corrected chi connectivity index (χ0v) is 24.0. The van der Waals surface area contributed by atoms with E-state index in [0.29, 0.717) is 19.8 Å². The van der Waals surface area contributed by atoms with Gasteiger partial charge in [0.1, 0.15) is 5.82 Å². The summed E-state index contributed by atoms with van der Waals surface area (Å²) in [6.45, 7) is 7.02. The second kappa shape index (κ2) is 13.4. The van der Waals surface area contributed by atoms with Crippen LogP contribution in [-0.2, 0) is 33.3 Å². The molecule has 1 unspecified atom stereocenters. The number of halogens is 1. The zero-order chi connectivity index (χ0) is 32.2. The van der Waals surface area contributed by atoms with Crippen LogP contribution in [-0.4, -0.2) is 110 Å². The highest BCUT2D eigenvalue weighted by Crippen LogP contribution is 2.43. The fraction of sp³-hybridized carbons (Fsp3) is 0.464. The lowest BCUT2D eigenvalue weighted by atomic mass is 9.95. The number of rotatable bonds is 10. The molecule has 2 aromatic rings. The summed E-state index contributed by atoms with van der Waals surface area (Å²) in [5, 5.41) is 67.6. The van der Waals surface area contributed by atoms with Crippen molar-refractivity contribution >= 4 is 23.8 Å². The van der Waals surface area contributed by atoms with E-state index >= 15 is 0 Å². The monoisotopic (exact) mass is 608 g/mol. The summed E-state index contributed by atoms with van der Waals surface area (Å²) < 4.78 is 20.3. The van der Waals surface area contributed by atoms with E-state index in [1.807, 2.05) is 19.2 Å². The Morgan fingerprint density at radius 2 is 1.79 bits per heavy atom. The second-order valence-corrected chi connectivity index (χ2v) is 9.79. The number of carbonyl (C=O) groups is 3. The number of benzene rings is 2. The quantitative estimate of drug-likeness (QED) is 0.115. The molecule has 4 rings (SSSR count). The highest BCUT2D eigenvalue weighted by atomic mass is 19.1. The average Bonchev–Trinajstić information content (AvgIpc) is 3.19. The number of carbonyl (C=O) groups excluding carboxylic acids is 3. The molecule has 2 aliphatic heterocycles. The number of hydrogen-bond acceptors (Lipinski definition) is 12. The lowest BCUT2D eigenvalue weighted by Gasteiger charge is -2.43. The van der Waals surface area contributed by atoms with Gasteiger partial charge in [0.2, 0.25) is 5.91 Å². The van der Waals surface area contributed by atoms with Gasteiger partial charge >= 0.3 is 0 Å². The molecule has 2 heterocycles. The summed E-state index contributed by atoms with van der Waals surface area (Å²) >= 11 is 0. The molecule has 0 spiro atoms. The van der Waals surface area contributed by atoms with Crippen LogP contribution in [0, 0.1) is 5.82 Å². The van der Waals surface area contributed by atoms with Gasteiger partial charge < -0.3 is 46.0 Å². The number of morpholine rings is 1. The van der Waals surface area contributed by atoms with Crippen LogP contribution < -0.4 is 10.6 Å². The Morgan fingerprint density at radius 3 is 2.37 bits per heavy atom. The molecule has 2 amide bonds. The fourth-order valence-corrected chi connectivity index (χ4v) is 4.87. The first-order valence-corrected chi connectivity index (χ1v) is 13.6. The maximum atomic E-state index is 14.9. The first-order valence-electron chi connectivity index (χ1n) is 13.6. The molecule has 2 aromatic carbocycles. The molecule has 1 fully saturated rings. The van der Waals surface area contributed by atoms with Crippen molar-refractivity contribution in [3.8, 4) is 0 Å². The average molecular weight is 609 g/mol. The SMILES string of the molecule is CC.CNC(=O)C(N1C(=O)c2cccc(NCc3ccc(CN4CCOCC4)cc3F)c2C1(O)O)C(O)(O)C(O)(O)C=O. The van der Waals surface area contributed by atoms with E-state index in [-0.39, 0.29) is 22.7 Å². The Kier molecular flexibility index (Phi) is 10.6. The van der Waals surface area contributed by atoms with Crippen molar-refractivity contribution in [3.05, 3.63) is 64.5 Å². The topological polar surface area (TPSA) is 212 Å². The summed E-state index contributed by atoms with van der Waals surface area (Å²) in [6.07, 6.45) is -0.708. The van der Waals surface area contributed by atoms with Crippen molar-refractivity contribution in [1.82, 2.24) is 15.1 Å². The van der Waals surface area contributed by atoms with Crippen molar-refractivity contribution in [2.45, 2.75) is 50.5 Å². The Labute approximate surface area is 246 Å². The van der Waals surface area contributed by atoms with Crippen LogP contribution in [0.5, 0.6) is 0 Å². The molecule has 0 aliphatic carbocycles. The Hall–Kier alpha value is -3.54. The van der Waals surface area contributed by atoms with Gasteiger partial charge in [-0.2, -0.15) is 0 Å². The van der Waals surface area contributed by atoms with E-state index in [1.165, 1.54) is 18.2 Å². The van der Waals surface area contributed by atoms with Gasteiger partial charge in [0.25, 0.3) is 23.4 Å². The molecule has 0 aromatic heterocycles. The predicted molar refractivity (Wildman–Crippen MR) is 148 cm³/mol. The van der Waals surface area contributed by atoms with Crippen LogP contribution in [0.4, 0.5) is 10.1 Å². The minimum atomic E-state index is -4.11. The van der Waals surface area contributed by atoms with Gasteiger partial charge in [-0.05, 0) is 23.8 Å². The number of nitrogens with zero attached hydrogens (tertiary/aromatic N) is 2. The van der Waals surface area contributed by atoms with Gasteiger partial charge in [-0.1, -0.05) is 32.0 Å². The molecular weight excluding hydrogens is 571 g/mol. The smallest absolute Gasteiger partial charge is 0.281 e. The van der Waals surface area contributed by atoms with Gasteiger partial charge in [0, 0.05) is 44.5 Å². The van der Waals surface area contributed by atoms with E-state index in [4.69, 9.17) is 4.74 Å². The number of fused-ring (bicyclic) bond motifs is 1. The normalized spacial score (nSPS) is 17.4. The number of aldehydes is 1. The highest BCUT2D eigenvalue weighted by Gasteiger charge is 2.65. The lowest BCUT2D eigenvalue weighted by molar-refractivity contribution is -0.365. The largest absolute Gasteiger partial charge is 0.380 e. The van der Waals surface area contributed by atoms with E-state index in [9.17, 15) is 49.4 Å². The van der Waals surface area contributed by atoms with E-state index in [2.05, 4.69) is 10.2 Å². The highest BCUT2D eigenvalue weighted by molar-refractivity contribution is 6.04. The third-order valence-electron chi connectivity index (χ3n) is 7.12. The maximum absolute atomic E-state index is 14.9. The molecule has 43 heavy (non-hydrogen) atoms. The van der Waals surface area contributed by atoms with Crippen LogP contribution in [0.1, 0.15) is 40.9 Å². The van der Waals surface area contributed by atoms with Crippen LogP contribution in [0.15, 0.2) is 36.4 Å². The molecule has 236 valence electrons. The van der Waals surface area contributed by atoms with E-state index in [0.717, 1.165) is 31.8 Å². The molecule has 2 aliphatic rings. The number of ether oxygens (including phenoxy) is 1. The van der Waals surface area contributed by atoms with Crippen LogP contribution >= 0.6 is 0 Å². The Balaban J connectivity index is 0.00000248. The van der Waals surface area contributed by atoms with Gasteiger partial charge in [0.05, 0.1) is 24.3 Å². The van der Waals surface area contributed by atoms with Crippen molar-refractivity contribution in [1.29, 1.82) is 0 Å². The Morgan fingerprint density at radius 1 is 1.14 bits per heavy atom. The number of anilines is 1. The second-order valence-electron chi connectivity index (χ2n) is 9.79. The summed E-state index contributed by atoms with van der Waals surface area (Å²) in [6, 6.07) is 5.69. The minimum Gasteiger partial charge on any atom is -0.380 e. The molecule has 15 heteroatoms. The van der Waals surface area contributed by atoms with Crippen molar-refractivity contribution in [3.63, 3.8) is 0 Å². The van der Waals surface area contributed by atoms with Crippen LogP contribution in [0.3, 0.4) is 0 Å². The van der Waals surface area contributed by atoms with Gasteiger partial charge in [-0.3, -0.25) is 24.2 Å². The number of likely N-dealkylation sites (N-methyl/N-ethyl adjacent to an activating group) is 1. The minimum absolute atomic E-state index is 0.0908. The third-order valence-corrected chi connectivity index (χ3v) is 7.12. The number of hydrogen-bond donors (Lipinski definition) is 8. The molecule has 1 saturated heterocycles. The molecule has 0 bridgehead atoms. The van der Waals surface area contributed by atoms with E-state index < -0.39 is 58.6 Å². The van der Waals surface area contributed by atoms with Gasteiger partial charge in [0.15, 0.2) is 12.3 Å². The van der Waals surface area contributed by atoms with Crippen molar-refractivity contribution in [2.75, 3.05) is 38.7 Å². The van der Waals surface area contributed by atoms with Crippen LogP contribution in [0.25, 0.3) is 0 Å². The van der Waals surface area contributed by atoms with E-state index in [1.54, 1.807) is 12.1 Å².